The van der Waals surface area contributed by atoms with Crippen molar-refractivity contribution in [1.82, 2.24) is 4.98 Å². The Labute approximate surface area is 174 Å². The lowest BCUT2D eigenvalue weighted by atomic mass is 9.89. The van der Waals surface area contributed by atoms with Crippen LogP contribution in [0.2, 0.25) is 10.2 Å². The van der Waals surface area contributed by atoms with Crippen LogP contribution in [0, 0.1) is 6.92 Å². The van der Waals surface area contributed by atoms with Crippen LogP contribution in [0.4, 0.5) is 0 Å². The molecule has 2 aliphatic rings. The molecule has 3 heterocycles. The minimum Gasteiger partial charge on any atom is -0.355 e. The van der Waals surface area contributed by atoms with Crippen molar-refractivity contribution in [1.29, 1.82) is 0 Å². The van der Waals surface area contributed by atoms with Crippen LogP contribution in [-0.4, -0.2) is 37.0 Å². The highest BCUT2D eigenvalue weighted by atomic mass is 35.5. The van der Waals surface area contributed by atoms with Gasteiger partial charge < -0.3 is 4.74 Å². The number of pyridine rings is 1. The summed E-state index contributed by atoms with van der Waals surface area (Å²) in [5.74, 6) is -0.266. The third-order valence-corrected chi connectivity index (χ3v) is 7.55. The SMILES string of the molecule is Cc1cc(S(=O)(=O)CC2(c3cccc(Cl)n3)OC2C2(C)C=CC=N2)ccc1Cl. The number of allylic oxidation sites excluding steroid dienone is 1. The lowest BCUT2D eigenvalue weighted by Gasteiger charge is -2.20. The van der Waals surface area contributed by atoms with E-state index in [9.17, 15) is 8.42 Å². The number of aliphatic imine (C=N–C) groups is 1. The van der Waals surface area contributed by atoms with Crippen molar-refractivity contribution in [3.8, 4) is 0 Å². The maximum Gasteiger partial charge on any atom is 0.181 e. The Kier molecular flexibility index (Phi) is 4.66. The van der Waals surface area contributed by atoms with Crippen LogP contribution in [-0.2, 0) is 20.2 Å². The van der Waals surface area contributed by atoms with Crippen LogP contribution in [0.1, 0.15) is 18.2 Å². The van der Waals surface area contributed by atoms with Gasteiger partial charge in [-0.05, 0) is 55.8 Å². The molecule has 0 bridgehead atoms. The zero-order valence-electron chi connectivity index (χ0n) is 15.3. The topological polar surface area (TPSA) is 71.9 Å². The molecule has 146 valence electrons. The molecular formula is C20H18Cl2N2O3S. The molecule has 4 rings (SSSR count). The van der Waals surface area contributed by atoms with Gasteiger partial charge in [-0.1, -0.05) is 35.3 Å². The largest absolute Gasteiger partial charge is 0.355 e. The van der Waals surface area contributed by atoms with Crippen molar-refractivity contribution in [2.75, 3.05) is 5.75 Å². The normalized spacial score (nSPS) is 28.6. The Morgan fingerprint density at radius 3 is 2.64 bits per heavy atom. The van der Waals surface area contributed by atoms with E-state index in [0.29, 0.717) is 16.3 Å². The molecule has 3 atom stereocenters. The molecule has 1 aromatic heterocycles. The molecule has 0 saturated carbocycles. The first-order valence-electron chi connectivity index (χ1n) is 8.69. The monoisotopic (exact) mass is 436 g/mol. The van der Waals surface area contributed by atoms with Crippen LogP contribution in [0.25, 0.3) is 0 Å². The molecule has 8 heteroatoms. The van der Waals surface area contributed by atoms with Crippen molar-refractivity contribution in [3.05, 3.63) is 70.0 Å². The number of rotatable bonds is 5. The van der Waals surface area contributed by atoms with Gasteiger partial charge in [0.05, 0.1) is 16.3 Å². The van der Waals surface area contributed by atoms with Gasteiger partial charge in [-0.3, -0.25) is 4.99 Å². The summed E-state index contributed by atoms with van der Waals surface area (Å²) in [6.07, 6.45) is 4.96. The quantitative estimate of drug-likeness (QED) is 0.520. The first-order chi connectivity index (χ1) is 13.2. The summed E-state index contributed by atoms with van der Waals surface area (Å²) in [5.41, 5.74) is -0.606. The molecule has 28 heavy (non-hydrogen) atoms. The van der Waals surface area contributed by atoms with E-state index in [-0.39, 0.29) is 15.8 Å². The predicted octanol–water partition coefficient (Wildman–Crippen LogP) is 4.16. The molecule has 1 saturated heterocycles. The van der Waals surface area contributed by atoms with Gasteiger partial charge in [-0.2, -0.15) is 0 Å². The van der Waals surface area contributed by atoms with Crippen molar-refractivity contribution >= 4 is 39.3 Å². The van der Waals surface area contributed by atoms with E-state index in [1.54, 1.807) is 43.5 Å². The first-order valence-corrected chi connectivity index (χ1v) is 11.1. The third-order valence-electron chi connectivity index (χ3n) is 5.14. The molecule has 0 amide bonds. The number of hydrogen-bond donors (Lipinski definition) is 0. The van der Waals surface area contributed by atoms with Crippen LogP contribution in [0.3, 0.4) is 0 Å². The standard InChI is InChI=1S/C20H18Cl2N2O3S/c1-13-11-14(7-8-15(13)21)28(25,26)12-20(16-5-3-6-17(22)24-16)18(27-20)19(2)9-4-10-23-19/h3-11,18H,12H2,1-2H3. The van der Waals surface area contributed by atoms with Gasteiger partial charge in [-0.15, -0.1) is 0 Å². The molecule has 0 aliphatic carbocycles. The van der Waals surface area contributed by atoms with Crippen molar-refractivity contribution < 1.29 is 13.2 Å². The summed E-state index contributed by atoms with van der Waals surface area (Å²) in [6.45, 7) is 3.67. The summed E-state index contributed by atoms with van der Waals surface area (Å²) in [4.78, 5) is 9.01. The van der Waals surface area contributed by atoms with Crippen molar-refractivity contribution in [2.24, 2.45) is 4.99 Å². The molecule has 3 unspecified atom stereocenters. The molecule has 1 fully saturated rings. The Bertz CT molecular complexity index is 1100. The third kappa shape index (κ3) is 3.28. The average Bonchev–Trinajstić information content (AvgIpc) is 3.20. The average molecular weight is 437 g/mol. The van der Waals surface area contributed by atoms with Crippen molar-refractivity contribution in [2.45, 2.75) is 36.0 Å². The van der Waals surface area contributed by atoms with Gasteiger partial charge in [0.15, 0.2) is 15.4 Å². The highest BCUT2D eigenvalue weighted by Crippen LogP contribution is 2.54. The summed E-state index contributed by atoms with van der Waals surface area (Å²) < 4.78 is 32.5. The molecule has 0 spiro atoms. The Morgan fingerprint density at radius 2 is 2.00 bits per heavy atom. The number of nitrogens with zero attached hydrogens (tertiary/aromatic N) is 2. The fourth-order valence-electron chi connectivity index (χ4n) is 3.61. The van der Waals surface area contributed by atoms with E-state index in [0.717, 1.165) is 0 Å². The van der Waals surface area contributed by atoms with Crippen LogP contribution in [0.5, 0.6) is 0 Å². The Morgan fingerprint density at radius 1 is 1.21 bits per heavy atom. The number of ether oxygens (including phenoxy) is 1. The van der Waals surface area contributed by atoms with E-state index in [4.69, 9.17) is 27.9 Å². The van der Waals surface area contributed by atoms with Gasteiger partial charge in [0.1, 0.15) is 16.8 Å². The maximum absolute atomic E-state index is 13.2. The zero-order valence-corrected chi connectivity index (χ0v) is 17.6. The molecule has 0 N–H and O–H groups in total. The second kappa shape index (κ2) is 6.66. The number of sulfone groups is 1. The zero-order chi connectivity index (χ0) is 20.2. The number of benzene rings is 1. The lowest BCUT2D eigenvalue weighted by Crippen LogP contribution is -2.35. The summed E-state index contributed by atoms with van der Waals surface area (Å²) >= 11 is 12.1. The van der Waals surface area contributed by atoms with E-state index in [1.165, 1.54) is 6.07 Å². The summed E-state index contributed by atoms with van der Waals surface area (Å²) in [6, 6.07) is 9.79. The number of epoxide rings is 1. The summed E-state index contributed by atoms with van der Waals surface area (Å²) in [7, 11) is -3.69. The number of halogens is 2. The van der Waals surface area contributed by atoms with Gasteiger partial charge in [0.25, 0.3) is 0 Å². The molecule has 5 nitrogen and oxygen atoms in total. The smallest absolute Gasteiger partial charge is 0.181 e. The van der Waals surface area contributed by atoms with E-state index in [2.05, 4.69) is 9.98 Å². The number of aryl methyl sites for hydroxylation is 1. The summed E-state index contributed by atoms with van der Waals surface area (Å²) in [5, 5.41) is 0.796. The molecule has 0 radical (unpaired) electrons. The lowest BCUT2D eigenvalue weighted by molar-refractivity contribution is 0.290. The molecule has 2 aromatic rings. The second-order valence-electron chi connectivity index (χ2n) is 7.27. The van der Waals surface area contributed by atoms with Crippen LogP contribution >= 0.6 is 23.2 Å². The second-order valence-corrected chi connectivity index (χ2v) is 10.1. The number of hydrogen-bond acceptors (Lipinski definition) is 5. The van der Waals surface area contributed by atoms with E-state index in [1.807, 2.05) is 19.1 Å². The minimum atomic E-state index is -3.69. The highest BCUT2D eigenvalue weighted by molar-refractivity contribution is 7.91. The molecule has 1 aromatic carbocycles. The van der Waals surface area contributed by atoms with E-state index >= 15 is 0 Å². The van der Waals surface area contributed by atoms with E-state index < -0.39 is 27.1 Å². The number of aromatic nitrogens is 1. The van der Waals surface area contributed by atoms with Crippen molar-refractivity contribution in [3.63, 3.8) is 0 Å². The first kappa shape index (κ1) is 19.6. The highest BCUT2D eigenvalue weighted by Gasteiger charge is 2.67. The maximum atomic E-state index is 13.2. The minimum absolute atomic E-state index is 0.195. The molecule has 2 aliphatic heterocycles. The fourth-order valence-corrected chi connectivity index (χ4v) is 5.62. The van der Waals surface area contributed by atoms with Gasteiger partial charge in [0, 0.05) is 11.2 Å². The van der Waals surface area contributed by atoms with Gasteiger partial charge in [0.2, 0.25) is 0 Å². The van der Waals surface area contributed by atoms with Crippen LogP contribution in [0.15, 0.2) is 58.4 Å². The fraction of sp³-hybridized carbons (Fsp3) is 0.300. The molecular weight excluding hydrogens is 419 g/mol. The van der Waals surface area contributed by atoms with Crippen LogP contribution < -0.4 is 0 Å². The Balaban J connectivity index is 1.76. The Hall–Kier alpha value is -1.73. The van der Waals surface area contributed by atoms with Gasteiger partial charge >= 0.3 is 0 Å². The predicted molar refractivity (Wildman–Crippen MR) is 110 cm³/mol. The van der Waals surface area contributed by atoms with Gasteiger partial charge in [-0.25, -0.2) is 13.4 Å².